The molecule has 0 spiro atoms. The Morgan fingerprint density at radius 3 is 2.53 bits per heavy atom. The molecule has 1 heterocycles. The number of aromatic nitrogens is 3. The first-order valence-corrected chi connectivity index (χ1v) is 6.66. The van der Waals surface area contributed by atoms with Crippen LogP contribution in [0.5, 0.6) is 0 Å². The lowest BCUT2D eigenvalue weighted by molar-refractivity contribution is 0.458. The average molecular weight is 297 g/mol. The van der Waals surface area contributed by atoms with Crippen LogP contribution in [-0.4, -0.2) is 41.3 Å². The molecule has 0 fully saturated rings. The minimum absolute atomic E-state index is 0.0819. The fourth-order valence-corrected chi connectivity index (χ4v) is 3.46. The maximum Gasteiger partial charge on any atom is 0.262 e. The monoisotopic (exact) mass is 296 g/mol. The Morgan fingerprint density at radius 1 is 1.53 bits per heavy atom. The molecule has 15 heavy (non-hydrogen) atoms. The molecule has 86 valence electrons. The fourth-order valence-electron chi connectivity index (χ4n) is 1.18. The van der Waals surface area contributed by atoms with Crippen LogP contribution in [0.2, 0.25) is 0 Å². The number of rotatable bonds is 4. The predicted molar refractivity (Wildman–Crippen MR) is 58.8 cm³/mol. The van der Waals surface area contributed by atoms with Crippen LogP contribution in [0.25, 0.3) is 0 Å². The second kappa shape index (κ2) is 4.58. The summed E-state index contributed by atoms with van der Waals surface area (Å²) in [6.07, 6.45) is 0.763. The van der Waals surface area contributed by atoms with Crippen LogP contribution in [-0.2, 0) is 17.1 Å². The van der Waals surface area contributed by atoms with Crippen LogP contribution in [0.4, 0.5) is 0 Å². The highest BCUT2D eigenvalue weighted by molar-refractivity contribution is 9.10. The Labute approximate surface area is 97.4 Å². The van der Waals surface area contributed by atoms with Crippen molar-refractivity contribution in [2.24, 2.45) is 7.05 Å². The standard InChI is InChI=1S/C7H13BrN4O2S/c1-4-5-11(2)15(13,14)7-6(8)9-10-12(7)3/h4-5H2,1-3H3. The van der Waals surface area contributed by atoms with Crippen molar-refractivity contribution in [1.29, 1.82) is 0 Å². The van der Waals surface area contributed by atoms with Crippen molar-refractivity contribution in [2.45, 2.75) is 18.4 Å². The van der Waals surface area contributed by atoms with E-state index in [2.05, 4.69) is 26.2 Å². The average Bonchev–Trinajstić information content (AvgIpc) is 2.46. The number of hydrogen-bond donors (Lipinski definition) is 0. The topological polar surface area (TPSA) is 68.1 Å². The van der Waals surface area contributed by atoms with Crippen molar-refractivity contribution in [3.05, 3.63) is 4.60 Å². The Bertz CT molecular complexity index is 422. The first-order valence-electron chi connectivity index (χ1n) is 4.42. The third-order valence-electron chi connectivity index (χ3n) is 1.93. The van der Waals surface area contributed by atoms with E-state index in [-0.39, 0.29) is 9.63 Å². The summed E-state index contributed by atoms with van der Waals surface area (Å²) in [5.41, 5.74) is 0. The van der Waals surface area contributed by atoms with Crippen molar-refractivity contribution in [1.82, 2.24) is 19.3 Å². The van der Waals surface area contributed by atoms with E-state index in [1.165, 1.54) is 16.0 Å². The van der Waals surface area contributed by atoms with E-state index < -0.39 is 10.0 Å². The SMILES string of the molecule is CCCN(C)S(=O)(=O)c1c(Br)nnn1C. The van der Waals surface area contributed by atoms with Gasteiger partial charge >= 0.3 is 0 Å². The zero-order valence-corrected chi connectivity index (χ0v) is 11.2. The molecule has 1 rings (SSSR count). The van der Waals surface area contributed by atoms with Crippen LogP contribution in [0, 0.1) is 0 Å². The molecule has 0 saturated carbocycles. The summed E-state index contributed by atoms with van der Waals surface area (Å²) in [5.74, 6) is 0. The van der Waals surface area contributed by atoms with E-state index in [1.54, 1.807) is 7.05 Å². The number of halogens is 1. The number of aryl methyl sites for hydroxylation is 1. The van der Waals surface area contributed by atoms with Crippen LogP contribution < -0.4 is 0 Å². The molecule has 0 aliphatic rings. The van der Waals surface area contributed by atoms with E-state index in [0.717, 1.165) is 6.42 Å². The van der Waals surface area contributed by atoms with Gasteiger partial charge in [-0.15, -0.1) is 5.10 Å². The molecule has 0 bridgehead atoms. The molecule has 0 saturated heterocycles. The van der Waals surface area contributed by atoms with Crippen LogP contribution >= 0.6 is 15.9 Å². The molecular weight excluding hydrogens is 284 g/mol. The molecule has 0 N–H and O–H groups in total. The van der Waals surface area contributed by atoms with Crippen molar-refractivity contribution < 1.29 is 8.42 Å². The second-order valence-electron chi connectivity index (χ2n) is 3.14. The highest BCUT2D eigenvalue weighted by Gasteiger charge is 2.27. The van der Waals surface area contributed by atoms with Crippen molar-refractivity contribution >= 4 is 26.0 Å². The van der Waals surface area contributed by atoms with Gasteiger partial charge in [0.05, 0.1) is 0 Å². The van der Waals surface area contributed by atoms with Gasteiger partial charge in [0.25, 0.3) is 10.0 Å². The van der Waals surface area contributed by atoms with Gasteiger partial charge < -0.3 is 0 Å². The molecule has 6 nitrogen and oxygen atoms in total. The van der Waals surface area contributed by atoms with Gasteiger partial charge in [0.1, 0.15) is 0 Å². The molecule has 0 radical (unpaired) electrons. The van der Waals surface area contributed by atoms with Gasteiger partial charge in [-0.2, -0.15) is 4.31 Å². The summed E-state index contributed by atoms with van der Waals surface area (Å²) >= 11 is 3.07. The number of sulfonamides is 1. The first kappa shape index (κ1) is 12.6. The Balaban J connectivity index is 3.17. The first-order chi connectivity index (χ1) is 6.91. The summed E-state index contributed by atoms with van der Waals surface area (Å²) in [6, 6.07) is 0. The third-order valence-corrected chi connectivity index (χ3v) is 4.68. The summed E-state index contributed by atoms with van der Waals surface area (Å²) in [5, 5.41) is 7.37. The minimum atomic E-state index is -3.49. The van der Waals surface area contributed by atoms with Gasteiger partial charge in [-0.05, 0) is 22.4 Å². The van der Waals surface area contributed by atoms with Gasteiger partial charge in [0.2, 0.25) is 5.03 Å². The van der Waals surface area contributed by atoms with Crippen molar-refractivity contribution in [3.63, 3.8) is 0 Å². The molecule has 8 heteroatoms. The van der Waals surface area contributed by atoms with Crippen molar-refractivity contribution in [3.8, 4) is 0 Å². The zero-order valence-electron chi connectivity index (χ0n) is 8.81. The van der Waals surface area contributed by atoms with Crippen LogP contribution in [0.3, 0.4) is 0 Å². The normalized spacial score (nSPS) is 12.3. The van der Waals surface area contributed by atoms with E-state index >= 15 is 0 Å². The summed E-state index contributed by atoms with van der Waals surface area (Å²) in [4.78, 5) is 0. The van der Waals surface area contributed by atoms with Crippen LogP contribution in [0.1, 0.15) is 13.3 Å². The quantitative estimate of drug-likeness (QED) is 0.816. The Kier molecular flexibility index (Phi) is 3.85. The highest BCUT2D eigenvalue weighted by atomic mass is 79.9. The molecule has 0 atom stereocenters. The molecule has 0 aliphatic carbocycles. The zero-order chi connectivity index (χ0) is 11.6. The molecule has 0 aromatic carbocycles. The maximum absolute atomic E-state index is 12.0. The van der Waals surface area contributed by atoms with E-state index in [4.69, 9.17) is 0 Å². The largest absolute Gasteiger partial charge is 0.262 e. The Morgan fingerprint density at radius 2 is 2.13 bits per heavy atom. The van der Waals surface area contributed by atoms with Crippen LogP contribution in [0.15, 0.2) is 9.63 Å². The number of hydrogen-bond acceptors (Lipinski definition) is 4. The summed E-state index contributed by atoms with van der Waals surface area (Å²) in [6.45, 7) is 2.39. The summed E-state index contributed by atoms with van der Waals surface area (Å²) in [7, 11) is -0.409. The molecule has 0 aliphatic heterocycles. The molecule has 0 unspecified atom stereocenters. The molecular formula is C7H13BrN4O2S. The lowest BCUT2D eigenvalue weighted by Crippen LogP contribution is -2.29. The van der Waals surface area contributed by atoms with Gasteiger partial charge in [-0.1, -0.05) is 12.1 Å². The van der Waals surface area contributed by atoms with Gasteiger partial charge in [-0.25, -0.2) is 13.1 Å². The van der Waals surface area contributed by atoms with E-state index in [0.29, 0.717) is 6.54 Å². The van der Waals surface area contributed by atoms with Gasteiger partial charge in [-0.3, -0.25) is 0 Å². The van der Waals surface area contributed by atoms with E-state index in [9.17, 15) is 8.42 Å². The third kappa shape index (κ3) is 2.37. The molecule has 0 amide bonds. The molecule has 1 aromatic heterocycles. The second-order valence-corrected chi connectivity index (χ2v) is 5.85. The molecule has 1 aromatic rings. The smallest absolute Gasteiger partial charge is 0.235 e. The minimum Gasteiger partial charge on any atom is -0.235 e. The fraction of sp³-hybridized carbons (Fsp3) is 0.714. The van der Waals surface area contributed by atoms with Crippen molar-refractivity contribution in [2.75, 3.05) is 13.6 Å². The lowest BCUT2D eigenvalue weighted by Gasteiger charge is -2.15. The summed E-state index contributed by atoms with van der Waals surface area (Å²) < 4.78 is 26.8. The highest BCUT2D eigenvalue weighted by Crippen LogP contribution is 2.21. The maximum atomic E-state index is 12.0. The predicted octanol–water partition coefficient (Wildman–Crippen LogP) is 0.608. The lowest BCUT2D eigenvalue weighted by atomic mass is 10.5. The van der Waals surface area contributed by atoms with Gasteiger partial charge in [0, 0.05) is 20.6 Å². The Hall–Kier alpha value is -0.470. The van der Waals surface area contributed by atoms with E-state index in [1.807, 2.05) is 6.92 Å². The number of nitrogens with zero attached hydrogens (tertiary/aromatic N) is 4. The van der Waals surface area contributed by atoms with Gasteiger partial charge in [0.15, 0.2) is 4.60 Å².